The molecule has 0 aromatic heterocycles. The van der Waals surface area contributed by atoms with E-state index in [1.807, 2.05) is 0 Å². The van der Waals surface area contributed by atoms with Gasteiger partial charge in [0.2, 0.25) is 10.0 Å². The number of sulfonamides is 1. The van der Waals surface area contributed by atoms with E-state index in [9.17, 15) is 17.6 Å². The van der Waals surface area contributed by atoms with Gasteiger partial charge in [-0.3, -0.25) is 9.10 Å². The van der Waals surface area contributed by atoms with Crippen LogP contribution in [0.1, 0.15) is 22.3 Å². The maximum absolute atomic E-state index is 13.3. The number of carbonyl (C=O) groups excluding carboxylic acids is 1. The molecular weight excluding hydrogens is 343 g/mol. The number of hydrogen-bond donors (Lipinski definition) is 0. The molecule has 132 valence electrons. The van der Waals surface area contributed by atoms with Crippen molar-refractivity contribution in [3.63, 3.8) is 0 Å². The summed E-state index contributed by atoms with van der Waals surface area (Å²) in [6.45, 7) is 0.696. The van der Waals surface area contributed by atoms with Crippen LogP contribution in [0.2, 0.25) is 0 Å². The van der Waals surface area contributed by atoms with Crippen molar-refractivity contribution in [2.75, 3.05) is 23.7 Å². The van der Waals surface area contributed by atoms with Crippen LogP contribution in [0, 0.1) is 5.82 Å². The van der Waals surface area contributed by atoms with Crippen molar-refractivity contribution in [1.82, 2.24) is 4.90 Å². The van der Waals surface area contributed by atoms with Crippen molar-refractivity contribution < 1.29 is 17.6 Å². The highest BCUT2D eigenvalue weighted by Gasteiger charge is 2.28. The van der Waals surface area contributed by atoms with Crippen LogP contribution in [0.15, 0.2) is 48.5 Å². The fourth-order valence-corrected chi connectivity index (χ4v) is 4.48. The van der Waals surface area contributed by atoms with Crippen molar-refractivity contribution in [2.45, 2.75) is 13.0 Å². The third-order valence-electron chi connectivity index (χ3n) is 4.14. The van der Waals surface area contributed by atoms with Crippen molar-refractivity contribution in [2.24, 2.45) is 0 Å². The third kappa shape index (κ3) is 3.82. The zero-order valence-electron chi connectivity index (χ0n) is 13.9. The van der Waals surface area contributed by atoms with E-state index in [2.05, 4.69) is 0 Å². The van der Waals surface area contributed by atoms with Crippen LogP contribution in [0.3, 0.4) is 0 Å². The van der Waals surface area contributed by atoms with E-state index in [0.29, 0.717) is 29.8 Å². The molecule has 0 unspecified atom stereocenters. The number of anilines is 1. The zero-order chi connectivity index (χ0) is 18.0. The molecule has 0 spiro atoms. The van der Waals surface area contributed by atoms with E-state index in [1.54, 1.807) is 43.4 Å². The smallest absolute Gasteiger partial charge is 0.253 e. The van der Waals surface area contributed by atoms with Crippen molar-refractivity contribution in [3.05, 3.63) is 65.5 Å². The van der Waals surface area contributed by atoms with Crippen LogP contribution >= 0.6 is 0 Å². The van der Waals surface area contributed by atoms with Gasteiger partial charge in [-0.1, -0.05) is 18.2 Å². The molecule has 0 N–H and O–H groups in total. The van der Waals surface area contributed by atoms with Gasteiger partial charge in [-0.25, -0.2) is 12.8 Å². The summed E-state index contributed by atoms with van der Waals surface area (Å²) in [5.41, 5.74) is 1.59. The second-order valence-electron chi connectivity index (χ2n) is 6.08. The first-order valence-corrected chi connectivity index (χ1v) is 9.58. The predicted octanol–water partition coefficient (Wildman–Crippen LogP) is 2.64. The molecule has 0 bridgehead atoms. The van der Waals surface area contributed by atoms with Gasteiger partial charge in [-0.05, 0) is 42.3 Å². The SMILES string of the molecule is CN(Cc1cccc(F)c1)C(=O)c1cccc(N2CCCS2(=O)=O)c1. The maximum atomic E-state index is 13.3. The topological polar surface area (TPSA) is 57.7 Å². The molecule has 1 heterocycles. The Labute approximate surface area is 146 Å². The van der Waals surface area contributed by atoms with Crippen LogP contribution in [-0.4, -0.2) is 38.6 Å². The molecule has 0 atom stereocenters. The lowest BCUT2D eigenvalue weighted by molar-refractivity contribution is 0.0785. The first-order chi connectivity index (χ1) is 11.9. The first-order valence-electron chi connectivity index (χ1n) is 7.97. The molecule has 0 radical (unpaired) electrons. The molecule has 0 aliphatic carbocycles. The lowest BCUT2D eigenvalue weighted by Crippen LogP contribution is -2.28. The monoisotopic (exact) mass is 362 g/mol. The van der Waals surface area contributed by atoms with E-state index < -0.39 is 10.0 Å². The Morgan fingerprint density at radius 2 is 1.96 bits per heavy atom. The van der Waals surface area contributed by atoms with Gasteiger partial charge < -0.3 is 4.90 Å². The van der Waals surface area contributed by atoms with Crippen molar-refractivity contribution in [1.29, 1.82) is 0 Å². The molecule has 3 rings (SSSR count). The van der Waals surface area contributed by atoms with Crippen LogP contribution in [0.5, 0.6) is 0 Å². The molecular formula is C18H19FN2O3S. The molecule has 1 aliphatic rings. The maximum Gasteiger partial charge on any atom is 0.253 e. The van der Waals surface area contributed by atoms with Gasteiger partial charge in [-0.15, -0.1) is 0 Å². The van der Waals surface area contributed by atoms with Crippen LogP contribution in [0.4, 0.5) is 10.1 Å². The number of amides is 1. The molecule has 1 fully saturated rings. The van der Waals surface area contributed by atoms with E-state index in [0.717, 1.165) is 0 Å². The Balaban J connectivity index is 1.79. The van der Waals surface area contributed by atoms with Gasteiger partial charge >= 0.3 is 0 Å². The summed E-state index contributed by atoms with van der Waals surface area (Å²) >= 11 is 0. The molecule has 0 saturated carbocycles. The molecule has 2 aromatic rings. The minimum atomic E-state index is -3.29. The highest BCUT2D eigenvalue weighted by atomic mass is 32.2. The summed E-state index contributed by atoms with van der Waals surface area (Å²) in [5.74, 6) is -0.465. The van der Waals surface area contributed by atoms with Crippen LogP contribution in [-0.2, 0) is 16.6 Å². The summed E-state index contributed by atoms with van der Waals surface area (Å²) in [7, 11) is -1.66. The molecule has 2 aromatic carbocycles. The van der Waals surface area contributed by atoms with E-state index in [4.69, 9.17) is 0 Å². The van der Waals surface area contributed by atoms with Gasteiger partial charge in [0, 0.05) is 25.7 Å². The number of benzene rings is 2. The number of halogens is 1. The average molecular weight is 362 g/mol. The lowest BCUT2D eigenvalue weighted by atomic mass is 10.1. The second-order valence-corrected chi connectivity index (χ2v) is 8.10. The van der Waals surface area contributed by atoms with Crippen molar-refractivity contribution >= 4 is 21.6 Å². The van der Waals surface area contributed by atoms with Gasteiger partial charge in [0.05, 0.1) is 11.4 Å². The molecule has 1 saturated heterocycles. The standard InChI is InChI=1S/C18H19FN2O3S/c1-20(13-14-5-2-7-16(19)11-14)18(22)15-6-3-8-17(12-15)21-9-4-10-25(21,23)24/h2-3,5-8,11-12H,4,9-10,13H2,1H3. The van der Waals surface area contributed by atoms with Crippen LogP contribution in [0.25, 0.3) is 0 Å². The summed E-state index contributed by atoms with van der Waals surface area (Å²) < 4.78 is 38.7. The second kappa shape index (κ2) is 6.84. The Kier molecular flexibility index (Phi) is 4.76. The van der Waals surface area contributed by atoms with E-state index in [-0.39, 0.29) is 24.0 Å². The van der Waals surface area contributed by atoms with Gasteiger partial charge in [0.25, 0.3) is 5.91 Å². The lowest BCUT2D eigenvalue weighted by Gasteiger charge is -2.20. The summed E-state index contributed by atoms with van der Waals surface area (Å²) in [4.78, 5) is 14.1. The normalized spacial score (nSPS) is 16.0. The Morgan fingerprint density at radius 3 is 2.64 bits per heavy atom. The minimum absolute atomic E-state index is 0.130. The molecule has 1 amide bonds. The van der Waals surface area contributed by atoms with Gasteiger partial charge in [-0.2, -0.15) is 0 Å². The molecule has 25 heavy (non-hydrogen) atoms. The highest BCUT2D eigenvalue weighted by Crippen LogP contribution is 2.25. The quantitative estimate of drug-likeness (QED) is 0.840. The zero-order valence-corrected chi connectivity index (χ0v) is 14.7. The molecule has 5 nitrogen and oxygen atoms in total. The predicted molar refractivity (Wildman–Crippen MR) is 94.4 cm³/mol. The molecule has 7 heteroatoms. The fraction of sp³-hybridized carbons (Fsp3) is 0.278. The highest BCUT2D eigenvalue weighted by molar-refractivity contribution is 7.93. The fourth-order valence-electron chi connectivity index (χ4n) is 2.92. The van der Waals surface area contributed by atoms with Crippen molar-refractivity contribution in [3.8, 4) is 0 Å². The van der Waals surface area contributed by atoms with Gasteiger partial charge in [0.1, 0.15) is 5.82 Å². The van der Waals surface area contributed by atoms with E-state index >= 15 is 0 Å². The first kappa shape index (κ1) is 17.4. The number of rotatable bonds is 4. The number of hydrogen-bond acceptors (Lipinski definition) is 3. The minimum Gasteiger partial charge on any atom is -0.337 e. The number of carbonyl (C=O) groups is 1. The number of nitrogens with zero attached hydrogens (tertiary/aromatic N) is 2. The van der Waals surface area contributed by atoms with E-state index in [1.165, 1.54) is 21.3 Å². The Hall–Kier alpha value is -2.41. The van der Waals surface area contributed by atoms with Gasteiger partial charge in [0.15, 0.2) is 0 Å². The average Bonchev–Trinajstić information content (AvgIpc) is 2.93. The molecule has 1 aliphatic heterocycles. The van der Waals surface area contributed by atoms with Crippen LogP contribution < -0.4 is 4.31 Å². The third-order valence-corrected chi connectivity index (χ3v) is 6.01. The largest absolute Gasteiger partial charge is 0.337 e. The summed E-state index contributed by atoms with van der Waals surface area (Å²) in [6.07, 6.45) is 0.583. The summed E-state index contributed by atoms with van der Waals surface area (Å²) in [5, 5.41) is 0. The Morgan fingerprint density at radius 1 is 1.20 bits per heavy atom. The Bertz CT molecular complexity index is 899. The summed E-state index contributed by atoms with van der Waals surface area (Å²) in [6, 6.07) is 12.7.